The maximum absolute atomic E-state index is 11.8. The van der Waals surface area contributed by atoms with E-state index in [0.717, 1.165) is 0 Å². The third kappa shape index (κ3) is 6.51. The van der Waals surface area contributed by atoms with Crippen LogP contribution >= 0.6 is 23.2 Å². The Kier molecular flexibility index (Phi) is 7.52. The Balaban J connectivity index is 1.89. The van der Waals surface area contributed by atoms with Crippen molar-refractivity contribution in [2.24, 2.45) is 0 Å². The Morgan fingerprint density at radius 2 is 1.67 bits per heavy atom. The van der Waals surface area contributed by atoms with Crippen molar-refractivity contribution in [2.45, 2.75) is 0 Å². The summed E-state index contributed by atoms with van der Waals surface area (Å²) in [5, 5.41) is 3.24. The second-order valence-electron chi connectivity index (χ2n) is 5.26. The molecule has 2 aromatic rings. The minimum atomic E-state index is -0.666. The number of esters is 1. The molecule has 0 saturated carbocycles. The highest BCUT2D eigenvalue weighted by Crippen LogP contribution is 2.25. The molecule has 142 valence electrons. The first-order valence-corrected chi connectivity index (χ1v) is 8.49. The molecule has 6 nitrogen and oxygen atoms in total. The lowest BCUT2D eigenvalue weighted by molar-refractivity contribution is -0.142. The predicted molar refractivity (Wildman–Crippen MR) is 105 cm³/mol. The zero-order chi connectivity index (χ0) is 19.8. The first-order chi connectivity index (χ1) is 12.9. The van der Waals surface area contributed by atoms with Crippen LogP contribution in [0.3, 0.4) is 0 Å². The van der Waals surface area contributed by atoms with Crippen molar-refractivity contribution in [1.82, 2.24) is 0 Å². The summed E-state index contributed by atoms with van der Waals surface area (Å²) in [5.41, 5.74) is 1.13. The summed E-state index contributed by atoms with van der Waals surface area (Å²) in [7, 11) is 3.06. The van der Waals surface area contributed by atoms with Crippen molar-refractivity contribution >= 4 is 46.8 Å². The fourth-order valence-corrected chi connectivity index (χ4v) is 2.34. The molecule has 0 spiro atoms. The molecule has 0 aromatic heterocycles. The lowest BCUT2D eigenvalue weighted by Gasteiger charge is -2.07. The van der Waals surface area contributed by atoms with Gasteiger partial charge in [0.05, 0.1) is 24.3 Å². The van der Waals surface area contributed by atoms with Crippen molar-refractivity contribution < 1.29 is 23.8 Å². The van der Waals surface area contributed by atoms with Crippen molar-refractivity contribution in [3.05, 3.63) is 58.1 Å². The number of halogens is 2. The Morgan fingerprint density at radius 1 is 1.00 bits per heavy atom. The number of ether oxygens (including phenoxy) is 3. The van der Waals surface area contributed by atoms with Gasteiger partial charge >= 0.3 is 5.97 Å². The van der Waals surface area contributed by atoms with Gasteiger partial charge in [-0.05, 0) is 42.0 Å². The highest BCUT2D eigenvalue weighted by molar-refractivity contribution is 6.42. The molecule has 0 heterocycles. The SMILES string of the molecule is COc1cc(/C=C/C(=O)OCC(=O)Nc2ccc(Cl)c(Cl)c2)cc(OC)c1. The highest BCUT2D eigenvalue weighted by Gasteiger charge is 2.07. The normalized spacial score (nSPS) is 10.5. The zero-order valence-corrected chi connectivity index (χ0v) is 16.1. The third-order valence-electron chi connectivity index (χ3n) is 3.33. The van der Waals surface area contributed by atoms with E-state index >= 15 is 0 Å². The summed E-state index contributed by atoms with van der Waals surface area (Å²) >= 11 is 11.7. The fraction of sp³-hybridized carbons (Fsp3) is 0.158. The number of hydrogen-bond acceptors (Lipinski definition) is 5. The topological polar surface area (TPSA) is 73.9 Å². The summed E-state index contributed by atoms with van der Waals surface area (Å²) in [6.45, 7) is -0.440. The number of hydrogen-bond donors (Lipinski definition) is 1. The van der Waals surface area contributed by atoms with E-state index in [0.29, 0.717) is 32.8 Å². The van der Waals surface area contributed by atoms with Gasteiger partial charge in [0.1, 0.15) is 11.5 Å². The van der Waals surface area contributed by atoms with Gasteiger partial charge in [0.25, 0.3) is 5.91 Å². The highest BCUT2D eigenvalue weighted by atomic mass is 35.5. The molecule has 2 aromatic carbocycles. The molecular weight excluding hydrogens is 393 g/mol. The van der Waals surface area contributed by atoms with Crippen LogP contribution in [0.1, 0.15) is 5.56 Å². The van der Waals surface area contributed by atoms with E-state index < -0.39 is 18.5 Å². The van der Waals surface area contributed by atoms with E-state index in [4.69, 9.17) is 37.4 Å². The standard InChI is InChI=1S/C19H17Cl2NO5/c1-25-14-7-12(8-15(10-14)26-2)3-6-19(24)27-11-18(23)22-13-4-5-16(20)17(21)9-13/h3-10H,11H2,1-2H3,(H,22,23)/b6-3+. The number of methoxy groups -OCH3 is 2. The molecule has 1 amide bonds. The lowest BCUT2D eigenvalue weighted by atomic mass is 10.2. The van der Waals surface area contributed by atoms with Crippen molar-refractivity contribution in [3.8, 4) is 11.5 Å². The van der Waals surface area contributed by atoms with E-state index in [1.54, 1.807) is 30.3 Å². The third-order valence-corrected chi connectivity index (χ3v) is 4.07. The van der Waals surface area contributed by atoms with Crippen LogP contribution in [0, 0.1) is 0 Å². The molecule has 0 fully saturated rings. The van der Waals surface area contributed by atoms with Crippen LogP contribution in [0.5, 0.6) is 11.5 Å². The quantitative estimate of drug-likeness (QED) is 0.547. The van der Waals surface area contributed by atoms with Crippen LogP contribution in [0.15, 0.2) is 42.5 Å². The van der Waals surface area contributed by atoms with Crippen LogP contribution in [-0.2, 0) is 14.3 Å². The van der Waals surface area contributed by atoms with Gasteiger partial charge in [-0.3, -0.25) is 4.79 Å². The predicted octanol–water partition coefficient (Wildman–Crippen LogP) is 4.21. The lowest BCUT2D eigenvalue weighted by Crippen LogP contribution is -2.20. The fourth-order valence-electron chi connectivity index (χ4n) is 2.05. The van der Waals surface area contributed by atoms with E-state index in [1.165, 1.54) is 32.4 Å². The van der Waals surface area contributed by atoms with Gasteiger partial charge in [0, 0.05) is 17.8 Å². The van der Waals surface area contributed by atoms with Crippen molar-refractivity contribution in [3.63, 3.8) is 0 Å². The molecule has 0 aliphatic heterocycles. The number of carbonyl (C=O) groups excluding carboxylic acids is 2. The van der Waals surface area contributed by atoms with Crippen LogP contribution in [-0.4, -0.2) is 32.7 Å². The summed E-state index contributed by atoms with van der Waals surface area (Å²) in [6.07, 6.45) is 2.74. The number of benzene rings is 2. The van der Waals surface area contributed by atoms with E-state index in [-0.39, 0.29) is 0 Å². The monoisotopic (exact) mass is 409 g/mol. The molecule has 0 aliphatic carbocycles. The summed E-state index contributed by atoms with van der Waals surface area (Å²) < 4.78 is 15.2. The maximum atomic E-state index is 11.8. The van der Waals surface area contributed by atoms with Gasteiger partial charge in [-0.2, -0.15) is 0 Å². The van der Waals surface area contributed by atoms with Crippen molar-refractivity contribution in [1.29, 1.82) is 0 Å². The second-order valence-corrected chi connectivity index (χ2v) is 6.08. The zero-order valence-electron chi connectivity index (χ0n) is 14.6. The van der Waals surface area contributed by atoms with E-state index in [9.17, 15) is 9.59 Å². The Hall–Kier alpha value is -2.70. The van der Waals surface area contributed by atoms with Crippen LogP contribution in [0.4, 0.5) is 5.69 Å². The van der Waals surface area contributed by atoms with Crippen molar-refractivity contribution in [2.75, 3.05) is 26.1 Å². The number of carbonyl (C=O) groups is 2. The molecule has 0 atom stereocenters. The van der Waals surface area contributed by atoms with E-state index in [2.05, 4.69) is 5.32 Å². The van der Waals surface area contributed by atoms with Gasteiger partial charge in [-0.25, -0.2) is 4.79 Å². The average Bonchev–Trinajstić information content (AvgIpc) is 2.67. The van der Waals surface area contributed by atoms with Crippen LogP contribution < -0.4 is 14.8 Å². The molecule has 0 aliphatic rings. The number of anilines is 1. The van der Waals surface area contributed by atoms with Gasteiger partial charge < -0.3 is 19.5 Å². The largest absolute Gasteiger partial charge is 0.497 e. The molecule has 1 N–H and O–H groups in total. The number of nitrogens with one attached hydrogen (secondary N) is 1. The van der Waals surface area contributed by atoms with Crippen LogP contribution in [0.25, 0.3) is 6.08 Å². The second kappa shape index (κ2) is 9.85. The number of amides is 1. The number of rotatable bonds is 7. The Bertz CT molecular complexity index is 845. The molecule has 0 radical (unpaired) electrons. The first kappa shape index (κ1) is 20.6. The molecule has 0 bridgehead atoms. The molecule has 27 heavy (non-hydrogen) atoms. The van der Waals surface area contributed by atoms with E-state index in [1.807, 2.05) is 0 Å². The molecule has 0 saturated heterocycles. The summed E-state index contributed by atoms with van der Waals surface area (Å²) in [5.74, 6) is 0.00556. The summed E-state index contributed by atoms with van der Waals surface area (Å²) in [6, 6.07) is 9.80. The van der Waals surface area contributed by atoms with Crippen LogP contribution in [0.2, 0.25) is 10.0 Å². The van der Waals surface area contributed by atoms with Gasteiger partial charge in [0.2, 0.25) is 0 Å². The maximum Gasteiger partial charge on any atom is 0.331 e. The Labute approximate surface area is 166 Å². The first-order valence-electron chi connectivity index (χ1n) is 7.74. The minimum absolute atomic E-state index is 0.308. The molecule has 2 rings (SSSR count). The smallest absolute Gasteiger partial charge is 0.331 e. The minimum Gasteiger partial charge on any atom is -0.497 e. The molecule has 0 unspecified atom stereocenters. The van der Waals surface area contributed by atoms with Gasteiger partial charge in [0.15, 0.2) is 6.61 Å². The molecular formula is C19H17Cl2NO5. The average molecular weight is 410 g/mol. The van der Waals surface area contributed by atoms with Gasteiger partial charge in [-0.15, -0.1) is 0 Å². The Morgan fingerprint density at radius 3 is 2.26 bits per heavy atom. The molecule has 8 heteroatoms. The van der Waals surface area contributed by atoms with Gasteiger partial charge in [-0.1, -0.05) is 23.2 Å². The summed E-state index contributed by atoms with van der Waals surface area (Å²) in [4.78, 5) is 23.6.